The fourth-order valence-electron chi connectivity index (χ4n) is 2.79. The average Bonchev–Trinajstić information content (AvgIpc) is 3.09. The Labute approximate surface area is 156 Å². The number of aryl methyl sites for hydroxylation is 1. The minimum atomic E-state index is -0.205. The summed E-state index contributed by atoms with van der Waals surface area (Å²) >= 11 is 6.09. The molecule has 26 heavy (non-hydrogen) atoms. The maximum atomic E-state index is 12.6. The Balaban J connectivity index is 1.64. The van der Waals surface area contributed by atoms with Crippen molar-refractivity contribution in [1.82, 2.24) is 10.1 Å². The third-order valence-electron chi connectivity index (χ3n) is 4.22. The van der Waals surface area contributed by atoms with Crippen molar-refractivity contribution in [3.8, 4) is 11.5 Å². The molecule has 0 spiro atoms. The number of carbonyl (C=O) groups excluding carboxylic acids is 1. The van der Waals surface area contributed by atoms with Crippen molar-refractivity contribution >= 4 is 29.1 Å². The molecule has 0 bridgehead atoms. The number of ether oxygens (including phenoxy) is 2. The Morgan fingerprint density at radius 2 is 1.85 bits per heavy atom. The number of amides is 2. The lowest BCUT2D eigenvalue weighted by molar-refractivity contribution is 0.207. The van der Waals surface area contributed by atoms with Crippen LogP contribution in [0.15, 0.2) is 22.7 Å². The average molecular weight is 381 g/mol. The van der Waals surface area contributed by atoms with E-state index in [2.05, 4.69) is 15.4 Å². The first-order chi connectivity index (χ1) is 12.5. The Morgan fingerprint density at radius 3 is 2.42 bits per heavy atom. The van der Waals surface area contributed by atoms with Crippen LogP contribution in [-0.2, 0) is 0 Å². The number of urea groups is 1. The van der Waals surface area contributed by atoms with Crippen LogP contribution in [0.5, 0.6) is 11.5 Å². The zero-order valence-corrected chi connectivity index (χ0v) is 15.7. The van der Waals surface area contributed by atoms with E-state index in [0.29, 0.717) is 48.4 Å². The van der Waals surface area contributed by atoms with Crippen LogP contribution < -0.4 is 19.7 Å². The van der Waals surface area contributed by atoms with Gasteiger partial charge in [-0.3, -0.25) is 0 Å². The Morgan fingerprint density at radius 1 is 1.15 bits per heavy atom. The molecule has 8 nitrogen and oxygen atoms in total. The summed E-state index contributed by atoms with van der Waals surface area (Å²) in [6.07, 6.45) is 0. The molecule has 0 unspecified atom stereocenters. The molecule has 140 valence electrons. The van der Waals surface area contributed by atoms with E-state index < -0.39 is 0 Å². The van der Waals surface area contributed by atoms with Gasteiger partial charge in [-0.05, 0) is 6.92 Å². The van der Waals surface area contributed by atoms with Gasteiger partial charge in [-0.25, -0.2) is 4.79 Å². The summed E-state index contributed by atoms with van der Waals surface area (Å²) in [5.41, 5.74) is 0.508. The van der Waals surface area contributed by atoms with Gasteiger partial charge in [-0.15, -0.1) is 0 Å². The molecule has 0 saturated carbocycles. The zero-order valence-electron chi connectivity index (χ0n) is 14.9. The van der Waals surface area contributed by atoms with Crippen LogP contribution in [0.3, 0.4) is 0 Å². The van der Waals surface area contributed by atoms with Crippen molar-refractivity contribution in [3.63, 3.8) is 0 Å². The third-order valence-corrected chi connectivity index (χ3v) is 4.52. The highest BCUT2D eigenvalue weighted by Crippen LogP contribution is 2.36. The Kier molecular flexibility index (Phi) is 5.41. The summed E-state index contributed by atoms with van der Waals surface area (Å²) in [4.78, 5) is 16.4. The van der Waals surface area contributed by atoms with E-state index in [1.807, 2.05) is 13.0 Å². The lowest BCUT2D eigenvalue weighted by atomic mass is 10.2. The number of methoxy groups -OCH3 is 2. The summed E-state index contributed by atoms with van der Waals surface area (Å²) < 4.78 is 15.6. The van der Waals surface area contributed by atoms with Crippen LogP contribution in [-0.4, -0.2) is 56.5 Å². The van der Waals surface area contributed by atoms with Gasteiger partial charge in [0.15, 0.2) is 5.82 Å². The highest BCUT2D eigenvalue weighted by atomic mass is 35.5. The highest BCUT2D eigenvalue weighted by molar-refractivity contribution is 6.32. The monoisotopic (exact) mass is 380 g/mol. The highest BCUT2D eigenvalue weighted by Gasteiger charge is 2.24. The van der Waals surface area contributed by atoms with Crippen LogP contribution in [0.25, 0.3) is 0 Å². The number of nitrogens with one attached hydrogen (secondary N) is 1. The SMILES string of the molecule is COc1cc(NC(=O)N2CCN(c3cc(C)on3)CC2)c(OC)cc1Cl. The van der Waals surface area contributed by atoms with Gasteiger partial charge < -0.3 is 29.1 Å². The van der Waals surface area contributed by atoms with Gasteiger partial charge in [0.2, 0.25) is 0 Å². The molecule has 1 fully saturated rings. The molecule has 1 saturated heterocycles. The minimum absolute atomic E-state index is 0.205. The van der Waals surface area contributed by atoms with Crippen molar-refractivity contribution in [1.29, 1.82) is 0 Å². The van der Waals surface area contributed by atoms with Crippen molar-refractivity contribution in [2.24, 2.45) is 0 Å². The molecule has 1 aliphatic heterocycles. The quantitative estimate of drug-likeness (QED) is 0.878. The largest absolute Gasteiger partial charge is 0.495 e. The Bertz CT molecular complexity index is 787. The number of hydrogen-bond acceptors (Lipinski definition) is 6. The molecule has 2 amide bonds. The fraction of sp³-hybridized carbons (Fsp3) is 0.412. The summed E-state index contributed by atoms with van der Waals surface area (Å²) in [5.74, 6) is 2.51. The van der Waals surface area contributed by atoms with Crippen LogP contribution in [0.2, 0.25) is 5.02 Å². The maximum Gasteiger partial charge on any atom is 0.322 e. The molecular weight excluding hydrogens is 360 g/mol. The smallest absolute Gasteiger partial charge is 0.322 e. The number of anilines is 2. The molecular formula is C17H21ClN4O4. The summed E-state index contributed by atoms with van der Waals surface area (Å²) in [6.45, 7) is 4.37. The van der Waals surface area contributed by atoms with Gasteiger partial charge in [0, 0.05) is 44.4 Å². The first-order valence-electron chi connectivity index (χ1n) is 8.17. The van der Waals surface area contributed by atoms with Gasteiger partial charge >= 0.3 is 6.03 Å². The fourth-order valence-corrected chi connectivity index (χ4v) is 3.02. The molecule has 1 aliphatic rings. The predicted octanol–water partition coefficient (Wildman–Crippen LogP) is 3.01. The zero-order chi connectivity index (χ0) is 18.7. The summed E-state index contributed by atoms with van der Waals surface area (Å²) in [7, 11) is 3.04. The van der Waals surface area contributed by atoms with Gasteiger partial charge in [-0.1, -0.05) is 16.8 Å². The number of halogens is 1. The molecule has 9 heteroatoms. The molecule has 0 aliphatic carbocycles. The number of benzene rings is 1. The van der Waals surface area contributed by atoms with E-state index in [-0.39, 0.29) is 6.03 Å². The van der Waals surface area contributed by atoms with Gasteiger partial charge in [0.1, 0.15) is 17.3 Å². The minimum Gasteiger partial charge on any atom is -0.495 e. The van der Waals surface area contributed by atoms with E-state index in [1.54, 1.807) is 17.0 Å². The first-order valence-corrected chi connectivity index (χ1v) is 8.55. The topological polar surface area (TPSA) is 80.1 Å². The van der Waals surface area contributed by atoms with Gasteiger partial charge in [0.25, 0.3) is 0 Å². The number of carbonyl (C=O) groups is 1. The molecule has 2 aromatic rings. The molecule has 0 atom stereocenters. The number of piperazine rings is 1. The van der Waals surface area contributed by atoms with Crippen LogP contribution in [0.1, 0.15) is 5.76 Å². The van der Waals surface area contributed by atoms with Crippen LogP contribution in [0, 0.1) is 6.92 Å². The number of nitrogens with zero attached hydrogens (tertiary/aromatic N) is 3. The Hall–Kier alpha value is -2.61. The predicted molar refractivity (Wildman–Crippen MR) is 98.6 cm³/mol. The second-order valence-corrected chi connectivity index (χ2v) is 6.29. The van der Waals surface area contributed by atoms with Crippen molar-refractivity contribution < 1.29 is 18.8 Å². The first kappa shape index (κ1) is 18.2. The maximum absolute atomic E-state index is 12.6. The van der Waals surface area contributed by atoms with Gasteiger partial charge in [-0.2, -0.15) is 0 Å². The van der Waals surface area contributed by atoms with Crippen molar-refractivity contribution in [2.75, 3.05) is 50.6 Å². The van der Waals surface area contributed by atoms with E-state index in [9.17, 15) is 4.79 Å². The van der Waals surface area contributed by atoms with E-state index in [4.69, 9.17) is 25.6 Å². The number of rotatable bonds is 4. The molecule has 1 aromatic heterocycles. The molecule has 3 rings (SSSR count). The second kappa shape index (κ2) is 7.74. The van der Waals surface area contributed by atoms with Crippen LogP contribution >= 0.6 is 11.6 Å². The normalized spacial score (nSPS) is 14.3. The van der Waals surface area contributed by atoms with E-state index >= 15 is 0 Å². The third kappa shape index (κ3) is 3.80. The molecule has 2 heterocycles. The van der Waals surface area contributed by atoms with Crippen molar-refractivity contribution in [2.45, 2.75) is 6.92 Å². The lowest BCUT2D eigenvalue weighted by Gasteiger charge is -2.34. The molecule has 1 aromatic carbocycles. The van der Waals surface area contributed by atoms with E-state index in [0.717, 1.165) is 11.6 Å². The summed E-state index contributed by atoms with van der Waals surface area (Å²) in [6, 6.07) is 4.94. The number of aromatic nitrogens is 1. The molecule has 0 radical (unpaired) electrons. The number of hydrogen-bond donors (Lipinski definition) is 1. The van der Waals surface area contributed by atoms with Crippen molar-refractivity contribution in [3.05, 3.63) is 29.0 Å². The molecule has 1 N–H and O–H groups in total. The second-order valence-electron chi connectivity index (χ2n) is 5.89. The summed E-state index contributed by atoms with van der Waals surface area (Å²) in [5, 5.41) is 7.29. The van der Waals surface area contributed by atoms with Gasteiger partial charge in [0.05, 0.1) is 24.9 Å². The van der Waals surface area contributed by atoms with Crippen LogP contribution in [0.4, 0.5) is 16.3 Å². The van der Waals surface area contributed by atoms with E-state index in [1.165, 1.54) is 14.2 Å². The standard InChI is InChI=1S/C17H21ClN4O4/c1-11-8-16(20-26-11)21-4-6-22(7-5-21)17(23)19-13-10-14(24-2)12(18)9-15(13)25-3/h8-10H,4-7H2,1-3H3,(H,19,23). The lowest BCUT2D eigenvalue weighted by Crippen LogP contribution is -2.50.